The molecule has 1 rings (SSSR count). The largest absolute Gasteiger partial charge is 0.466 e. The molecule has 1 heterocycles. The van der Waals surface area contributed by atoms with Gasteiger partial charge in [0.15, 0.2) is 0 Å². The zero-order chi connectivity index (χ0) is 14.7. The van der Waals surface area contributed by atoms with Crippen molar-refractivity contribution in [2.24, 2.45) is 0 Å². The van der Waals surface area contributed by atoms with Crippen LogP contribution in [0.3, 0.4) is 0 Å². The summed E-state index contributed by atoms with van der Waals surface area (Å²) in [6.45, 7) is 18.3. The van der Waals surface area contributed by atoms with Crippen molar-refractivity contribution in [3.05, 3.63) is 0 Å². The molecular weight excluding hydrogens is 256 g/mol. The molecule has 0 spiro atoms. The molecule has 1 saturated heterocycles. The lowest BCUT2D eigenvalue weighted by atomic mass is 10.2. The fourth-order valence-corrected chi connectivity index (χ4v) is 4.40. The molecule has 0 bridgehead atoms. The third-order valence-electron chi connectivity index (χ3n) is 4.62. The van der Waals surface area contributed by atoms with Crippen LogP contribution in [0.4, 0.5) is 0 Å². The summed E-state index contributed by atoms with van der Waals surface area (Å²) in [5.74, 6) is -0.0757. The molecule has 0 radical (unpaired) electrons. The Morgan fingerprint density at radius 2 is 1.89 bits per heavy atom. The van der Waals surface area contributed by atoms with Crippen LogP contribution < -0.4 is 0 Å². The van der Waals surface area contributed by atoms with Crippen LogP contribution in [0.15, 0.2) is 0 Å². The Hall–Kier alpha value is -0.393. The second-order valence-electron chi connectivity index (χ2n) is 6.89. The highest BCUT2D eigenvalue weighted by Gasteiger charge is 2.43. The molecule has 0 aliphatic carbocycles. The van der Waals surface area contributed by atoms with Crippen molar-refractivity contribution in [2.45, 2.75) is 52.2 Å². The Morgan fingerprint density at radius 1 is 1.26 bits per heavy atom. The van der Waals surface area contributed by atoms with E-state index in [-0.39, 0.29) is 5.97 Å². The molecule has 0 atom stereocenters. The van der Waals surface area contributed by atoms with Crippen molar-refractivity contribution in [3.8, 4) is 0 Å². The van der Waals surface area contributed by atoms with Crippen LogP contribution in [0.25, 0.3) is 0 Å². The quantitative estimate of drug-likeness (QED) is 0.574. The molecule has 1 aliphatic rings. The van der Waals surface area contributed by atoms with E-state index in [2.05, 4.69) is 43.3 Å². The smallest absolute Gasteiger partial charge is 0.307 e. The first-order valence-electron chi connectivity index (χ1n) is 7.31. The number of ether oxygens (including phenoxy) is 1. The van der Waals surface area contributed by atoms with Gasteiger partial charge in [0.05, 0.1) is 13.0 Å². The molecule has 0 unspecified atom stereocenters. The summed E-state index contributed by atoms with van der Waals surface area (Å²) in [6, 6.07) is 0. The molecule has 1 aliphatic heterocycles. The summed E-state index contributed by atoms with van der Waals surface area (Å²) in [5, 5.41) is 0.379. The minimum atomic E-state index is -1.41. The maximum Gasteiger partial charge on any atom is 0.307 e. The lowest BCUT2D eigenvalue weighted by molar-refractivity contribution is -0.143. The van der Waals surface area contributed by atoms with Crippen molar-refractivity contribution in [2.75, 3.05) is 32.9 Å². The van der Waals surface area contributed by atoms with Gasteiger partial charge >= 0.3 is 5.97 Å². The van der Waals surface area contributed by atoms with E-state index >= 15 is 0 Å². The molecule has 5 heteroatoms. The van der Waals surface area contributed by atoms with Crippen LogP contribution in [0.1, 0.15) is 34.1 Å². The van der Waals surface area contributed by atoms with E-state index in [4.69, 9.17) is 4.74 Å². The SMILES string of the molecule is CCOC(=O)CCN1CCN([Si](C)(C)C(C)(C)C)C1. The van der Waals surface area contributed by atoms with Crippen LogP contribution >= 0.6 is 0 Å². The third kappa shape index (κ3) is 4.29. The number of carbonyl (C=O) groups is 1. The molecule has 0 aromatic heterocycles. The molecule has 0 aromatic carbocycles. The van der Waals surface area contributed by atoms with Gasteiger partial charge in [-0.3, -0.25) is 9.69 Å². The van der Waals surface area contributed by atoms with Gasteiger partial charge in [-0.25, -0.2) is 0 Å². The maximum absolute atomic E-state index is 11.4. The van der Waals surface area contributed by atoms with Gasteiger partial charge in [0, 0.05) is 26.3 Å². The molecule has 1 fully saturated rings. The van der Waals surface area contributed by atoms with Crippen LogP contribution in [-0.2, 0) is 9.53 Å². The Labute approximate surface area is 119 Å². The maximum atomic E-state index is 11.4. The topological polar surface area (TPSA) is 32.8 Å². The zero-order valence-corrected chi connectivity index (χ0v) is 14.5. The summed E-state index contributed by atoms with van der Waals surface area (Å²) in [4.78, 5) is 13.8. The Bertz CT molecular complexity index is 313. The Morgan fingerprint density at radius 3 is 2.42 bits per heavy atom. The third-order valence-corrected chi connectivity index (χ3v) is 10.2. The highest BCUT2D eigenvalue weighted by Crippen LogP contribution is 2.39. The van der Waals surface area contributed by atoms with Crippen molar-refractivity contribution in [1.82, 2.24) is 9.47 Å². The number of nitrogens with zero attached hydrogens (tertiary/aromatic N) is 2. The number of hydrogen-bond acceptors (Lipinski definition) is 4. The standard InChI is InChI=1S/C14H30N2O2Si/c1-7-18-13(17)8-9-15-10-11-16(12-15)19(5,6)14(2,3)4/h7-12H2,1-6H3. The van der Waals surface area contributed by atoms with E-state index in [1.54, 1.807) is 0 Å². The fraction of sp³-hybridized carbons (Fsp3) is 0.929. The van der Waals surface area contributed by atoms with Gasteiger partial charge in [0.1, 0.15) is 8.24 Å². The van der Waals surface area contributed by atoms with Gasteiger partial charge in [-0.1, -0.05) is 33.9 Å². The van der Waals surface area contributed by atoms with Gasteiger partial charge in [-0.15, -0.1) is 0 Å². The first-order chi connectivity index (χ1) is 8.68. The Kier molecular flexibility index (Phi) is 5.59. The lowest BCUT2D eigenvalue weighted by Gasteiger charge is -2.43. The predicted molar refractivity (Wildman–Crippen MR) is 81.6 cm³/mol. The second-order valence-corrected chi connectivity index (χ2v) is 12.1. The van der Waals surface area contributed by atoms with Crippen LogP contribution in [0, 0.1) is 0 Å². The van der Waals surface area contributed by atoms with Crippen molar-refractivity contribution >= 4 is 14.2 Å². The molecule has 4 nitrogen and oxygen atoms in total. The van der Waals surface area contributed by atoms with E-state index in [1.807, 2.05) is 6.92 Å². The summed E-state index contributed by atoms with van der Waals surface area (Å²) in [7, 11) is -1.41. The van der Waals surface area contributed by atoms with Crippen LogP contribution in [0.2, 0.25) is 18.1 Å². The molecule has 112 valence electrons. The minimum Gasteiger partial charge on any atom is -0.466 e. The average molecular weight is 286 g/mol. The van der Waals surface area contributed by atoms with Gasteiger partial charge in [0.2, 0.25) is 0 Å². The number of carbonyl (C=O) groups excluding carboxylic acids is 1. The van der Waals surface area contributed by atoms with Crippen LogP contribution in [0.5, 0.6) is 0 Å². The Balaban J connectivity index is 2.44. The lowest BCUT2D eigenvalue weighted by Crippen LogP contribution is -2.54. The normalized spacial score (nSPS) is 18.8. The van der Waals surface area contributed by atoms with Crippen LogP contribution in [-0.4, -0.2) is 56.6 Å². The second kappa shape index (κ2) is 6.37. The van der Waals surface area contributed by atoms with E-state index in [1.165, 1.54) is 0 Å². The summed E-state index contributed by atoms with van der Waals surface area (Å²) < 4.78 is 7.63. The first kappa shape index (κ1) is 16.7. The predicted octanol–water partition coefficient (Wildman–Crippen LogP) is 2.52. The molecule has 0 amide bonds. The molecular formula is C14H30N2O2Si. The summed E-state index contributed by atoms with van der Waals surface area (Å²) in [5.41, 5.74) is 0. The molecule has 0 N–H and O–H groups in total. The van der Waals surface area contributed by atoms with Gasteiger partial charge in [-0.05, 0) is 12.0 Å². The number of esters is 1. The molecule has 0 saturated carbocycles. The van der Waals surface area contributed by atoms with E-state index in [0.717, 1.165) is 26.3 Å². The van der Waals surface area contributed by atoms with E-state index in [0.29, 0.717) is 18.1 Å². The molecule has 19 heavy (non-hydrogen) atoms. The zero-order valence-electron chi connectivity index (χ0n) is 13.5. The fourth-order valence-electron chi connectivity index (χ4n) is 2.24. The number of rotatable bonds is 5. The average Bonchev–Trinajstić information content (AvgIpc) is 2.74. The monoisotopic (exact) mass is 286 g/mol. The van der Waals surface area contributed by atoms with E-state index in [9.17, 15) is 4.79 Å². The highest BCUT2D eigenvalue weighted by molar-refractivity contribution is 6.77. The van der Waals surface area contributed by atoms with E-state index < -0.39 is 8.24 Å². The first-order valence-corrected chi connectivity index (χ1v) is 10.3. The van der Waals surface area contributed by atoms with Gasteiger partial charge in [-0.2, -0.15) is 0 Å². The molecule has 0 aromatic rings. The van der Waals surface area contributed by atoms with Gasteiger partial charge < -0.3 is 9.30 Å². The van der Waals surface area contributed by atoms with Crippen molar-refractivity contribution in [1.29, 1.82) is 0 Å². The summed E-state index contributed by atoms with van der Waals surface area (Å²) >= 11 is 0. The van der Waals surface area contributed by atoms with Crippen molar-refractivity contribution in [3.63, 3.8) is 0 Å². The minimum absolute atomic E-state index is 0.0757. The van der Waals surface area contributed by atoms with Gasteiger partial charge in [0.25, 0.3) is 0 Å². The summed E-state index contributed by atoms with van der Waals surface area (Å²) in [6.07, 6.45) is 0.513. The number of hydrogen-bond donors (Lipinski definition) is 0. The highest BCUT2D eigenvalue weighted by atomic mass is 28.3. The van der Waals surface area contributed by atoms with Crippen molar-refractivity contribution < 1.29 is 9.53 Å².